The molecule has 5 atom stereocenters. The average molecular weight is 701 g/mol. The number of amides is 3. The number of fused-ring (bicyclic) bond motifs is 3. The molecule has 10 nitrogen and oxygen atoms in total. The second kappa shape index (κ2) is 14.3. The molecule has 2 N–H and O–H groups in total. The molecule has 0 unspecified atom stereocenters. The van der Waals surface area contributed by atoms with Crippen molar-refractivity contribution in [2.45, 2.75) is 94.9 Å². The molecule has 6 rings (SSSR count). The van der Waals surface area contributed by atoms with Crippen molar-refractivity contribution in [3.8, 4) is 0 Å². The number of halogens is 4. The zero-order chi connectivity index (χ0) is 35.6. The highest BCUT2D eigenvalue weighted by Gasteiger charge is 2.62. The summed E-state index contributed by atoms with van der Waals surface area (Å²) in [6, 6.07) is 6.92. The van der Waals surface area contributed by atoms with Crippen LogP contribution in [0.1, 0.15) is 68.6 Å². The first-order chi connectivity index (χ1) is 23.9. The Morgan fingerprint density at radius 2 is 1.84 bits per heavy atom. The van der Waals surface area contributed by atoms with Gasteiger partial charge in [-0.3, -0.25) is 14.5 Å². The molecule has 14 heteroatoms. The van der Waals surface area contributed by atoms with Gasteiger partial charge in [-0.2, -0.15) is 13.2 Å². The molecule has 0 spiro atoms. The molecule has 0 radical (unpaired) electrons. The lowest BCUT2D eigenvalue weighted by Crippen LogP contribution is -2.55. The molecule has 50 heavy (non-hydrogen) atoms. The number of benzene rings is 2. The van der Waals surface area contributed by atoms with Crippen LogP contribution < -0.4 is 10.6 Å². The molecule has 3 aliphatic heterocycles. The predicted octanol–water partition coefficient (Wildman–Crippen LogP) is 5.71. The van der Waals surface area contributed by atoms with Gasteiger partial charge in [-0.15, -0.1) is 0 Å². The van der Waals surface area contributed by atoms with Crippen LogP contribution in [0.2, 0.25) is 0 Å². The molecule has 2 aromatic rings. The van der Waals surface area contributed by atoms with Crippen molar-refractivity contribution in [3.05, 3.63) is 77.1 Å². The van der Waals surface area contributed by atoms with Gasteiger partial charge in [0.15, 0.2) is 0 Å². The summed E-state index contributed by atoms with van der Waals surface area (Å²) in [5.74, 6) is -2.40. The number of hydrogen-bond acceptors (Lipinski definition) is 7. The van der Waals surface area contributed by atoms with Crippen LogP contribution in [0, 0.1) is 11.7 Å². The lowest BCUT2D eigenvalue weighted by atomic mass is 10.0. The minimum absolute atomic E-state index is 0.0101. The molecule has 1 saturated carbocycles. The number of carbonyl (C=O) groups is 4. The van der Waals surface area contributed by atoms with E-state index >= 15 is 0 Å². The normalized spacial score (nSPS) is 27.5. The Labute approximate surface area is 287 Å². The van der Waals surface area contributed by atoms with Gasteiger partial charge in [-0.1, -0.05) is 37.1 Å². The minimum atomic E-state index is -4.53. The summed E-state index contributed by atoms with van der Waals surface area (Å²) < 4.78 is 65.2. The van der Waals surface area contributed by atoms with Crippen LogP contribution in [0.4, 0.5) is 28.0 Å². The zero-order valence-electron chi connectivity index (χ0n) is 27.6. The molecule has 1 saturated heterocycles. The number of hydrogen-bond donors (Lipinski definition) is 2. The van der Waals surface area contributed by atoms with Crippen LogP contribution in [0.5, 0.6) is 0 Å². The first-order valence-corrected chi connectivity index (χ1v) is 17.0. The number of ether oxygens (including phenoxy) is 2. The number of anilines is 1. The van der Waals surface area contributed by atoms with E-state index in [1.807, 2.05) is 12.2 Å². The number of nitrogens with one attached hydrogen (secondary N) is 2. The minimum Gasteiger partial charge on any atom is -0.464 e. The molecule has 2 aromatic carbocycles. The van der Waals surface area contributed by atoms with Crippen molar-refractivity contribution in [2.24, 2.45) is 5.92 Å². The summed E-state index contributed by atoms with van der Waals surface area (Å²) in [5, 5.41) is 5.94. The van der Waals surface area contributed by atoms with Crippen LogP contribution >= 0.6 is 0 Å². The summed E-state index contributed by atoms with van der Waals surface area (Å²) in [5.41, 5.74) is -0.777. The lowest BCUT2D eigenvalue weighted by molar-refractivity contribution is -0.150. The smallest absolute Gasteiger partial charge is 0.416 e. The van der Waals surface area contributed by atoms with Crippen molar-refractivity contribution in [1.82, 2.24) is 15.1 Å². The lowest BCUT2D eigenvalue weighted by Gasteiger charge is -2.30. The molecule has 4 aliphatic rings. The van der Waals surface area contributed by atoms with Gasteiger partial charge >= 0.3 is 18.2 Å². The van der Waals surface area contributed by atoms with Gasteiger partial charge in [0, 0.05) is 30.1 Å². The highest BCUT2D eigenvalue weighted by Crippen LogP contribution is 2.46. The van der Waals surface area contributed by atoms with E-state index < -0.39 is 65.2 Å². The second-order valence-corrected chi connectivity index (χ2v) is 13.3. The summed E-state index contributed by atoms with van der Waals surface area (Å²) >= 11 is 0. The number of allylic oxidation sites excluding steroid dienone is 1. The van der Waals surface area contributed by atoms with Crippen LogP contribution in [0.3, 0.4) is 0 Å². The van der Waals surface area contributed by atoms with Gasteiger partial charge in [-0.05, 0) is 68.5 Å². The highest BCUT2D eigenvalue weighted by atomic mass is 19.4. The molecule has 2 fully saturated rings. The van der Waals surface area contributed by atoms with E-state index in [-0.39, 0.29) is 38.6 Å². The maximum absolute atomic E-state index is 14.4. The fourth-order valence-corrected chi connectivity index (χ4v) is 7.08. The SMILES string of the molecule is CCOC(=O)[C@@]12C[C@H]1/C=C\CCCCC[C@H](Nc1ccc(C(F)(F)F)cc1)C(=O)N1C[C@H](OC(=O)N3Cc4cccc(F)c4C3)C[C@H]1C(=O)N2. The van der Waals surface area contributed by atoms with Gasteiger partial charge in [0.1, 0.15) is 29.5 Å². The second-order valence-electron chi connectivity index (χ2n) is 13.3. The molecule has 1 aliphatic carbocycles. The maximum atomic E-state index is 14.4. The van der Waals surface area contributed by atoms with Crippen molar-refractivity contribution in [3.63, 3.8) is 0 Å². The molecular weight excluding hydrogens is 660 g/mol. The average Bonchev–Trinajstić information content (AvgIpc) is 3.38. The van der Waals surface area contributed by atoms with Crippen molar-refractivity contribution in [1.29, 1.82) is 0 Å². The highest BCUT2D eigenvalue weighted by molar-refractivity contribution is 5.96. The molecule has 268 valence electrons. The van der Waals surface area contributed by atoms with Gasteiger partial charge < -0.3 is 25.0 Å². The summed E-state index contributed by atoms with van der Waals surface area (Å²) in [6.07, 6.45) is 1.22. The molecular formula is C36H40F4N4O6. The predicted molar refractivity (Wildman–Crippen MR) is 173 cm³/mol. The van der Waals surface area contributed by atoms with E-state index in [0.717, 1.165) is 31.4 Å². The Morgan fingerprint density at radius 3 is 2.56 bits per heavy atom. The van der Waals surface area contributed by atoms with Gasteiger partial charge in [0.05, 0.1) is 25.3 Å². The third-order valence-corrected chi connectivity index (χ3v) is 9.88. The van der Waals surface area contributed by atoms with E-state index in [0.29, 0.717) is 36.1 Å². The standard InChI is InChI=1S/C36H40F4N4O6/c1-2-49-33(47)35-18-24(35)10-6-4-3-5-7-12-29(41-25-15-13-23(14-16-25)36(38,39)40)32(46)44-20-26(17-30(44)31(45)42-35)50-34(48)43-19-22-9-8-11-28(37)27(22)21-43/h6,8-11,13-16,24,26,29-30,41H,2-5,7,12,17-21H2,1H3,(H,42,45)/b10-6-/t24-,26-,29+,30+,35-/m1/s1. The Hall–Kier alpha value is -4.62. The van der Waals surface area contributed by atoms with E-state index in [4.69, 9.17) is 9.47 Å². The molecule has 3 amide bonds. The van der Waals surface area contributed by atoms with E-state index in [9.17, 15) is 36.7 Å². The van der Waals surface area contributed by atoms with E-state index in [2.05, 4.69) is 10.6 Å². The van der Waals surface area contributed by atoms with Crippen molar-refractivity contribution >= 4 is 29.6 Å². The number of alkyl halides is 3. The Kier molecular flexibility index (Phi) is 10.1. The number of carbonyl (C=O) groups excluding carboxylic acids is 4. The third-order valence-electron chi connectivity index (χ3n) is 9.88. The van der Waals surface area contributed by atoms with Crippen LogP contribution in [-0.4, -0.2) is 70.6 Å². The Balaban J connectivity index is 1.25. The van der Waals surface area contributed by atoms with Gasteiger partial charge in [0.25, 0.3) is 0 Å². The van der Waals surface area contributed by atoms with Crippen LogP contribution in [0.15, 0.2) is 54.6 Å². The summed E-state index contributed by atoms with van der Waals surface area (Å²) in [4.78, 5) is 57.5. The van der Waals surface area contributed by atoms with Crippen LogP contribution in [0.25, 0.3) is 0 Å². The monoisotopic (exact) mass is 700 g/mol. The van der Waals surface area contributed by atoms with Gasteiger partial charge in [-0.25, -0.2) is 14.0 Å². The molecule has 0 aromatic heterocycles. The fourth-order valence-electron chi connectivity index (χ4n) is 7.08. The summed E-state index contributed by atoms with van der Waals surface area (Å²) in [6.45, 7) is 1.79. The Morgan fingerprint density at radius 1 is 1.06 bits per heavy atom. The van der Waals surface area contributed by atoms with Gasteiger partial charge in [0.2, 0.25) is 11.8 Å². The molecule has 3 heterocycles. The van der Waals surface area contributed by atoms with Crippen molar-refractivity contribution in [2.75, 3.05) is 18.5 Å². The quantitative estimate of drug-likeness (QED) is 0.233. The zero-order valence-corrected chi connectivity index (χ0v) is 27.6. The number of nitrogens with zero attached hydrogens (tertiary/aromatic N) is 2. The van der Waals surface area contributed by atoms with Crippen molar-refractivity contribution < 1.29 is 46.2 Å². The topological polar surface area (TPSA) is 117 Å². The number of rotatable bonds is 5. The number of esters is 1. The van der Waals surface area contributed by atoms with Crippen LogP contribution in [-0.2, 0) is 43.1 Å². The van der Waals surface area contributed by atoms with E-state index in [1.54, 1.807) is 19.1 Å². The Bertz CT molecular complexity index is 1650. The first kappa shape index (κ1) is 35.2. The fraction of sp³-hybridized carbons (Fsp3) is 0.500. The molecule has 0 bridgehead atoms. The maximum Gasteiger partial charge on any atom is 0.416 e. The largest absolute Gasteiger partial charge is 0.464 e. The first-order valence-electron chi connectivity index (χ1n) is 17.0. The summed E-state index contributed by atoms with van der Waals surface area (Å²) in [7, 11) is 0. The third kappa shape index (κ3) is 7.43. The van der Waals surface area contributed by atoms with E-state index in [1.165, 1.54) is 28.0 Å².